The van der Waals surface area contributed by atoms with Crippen LogP contribution >= 0.6 is 11.8 Å². The van der Waals surface area contributed by atoms with Crippen LogP contribution in [0.5, 0.6) is 0 Å². The van der Waals surface area contributed by atoms with Crippen LogP contribution in [0.25, 0.3) is 0 Å². The number of ether oxygens (including phenoxy) is 1. The molecule has 0 amide bonds. The summed E-state index contributed by atoms with van der Waals surface area (Å²) < 4.78 is 4.79. The van der Waals surface area contributed by atoms with E-state index in [1.807, 2.05) is 18.2 Å². The van der Waals surface area contributed by atoms with Crippen LogP contribution in [0.3, 0.4) is 0 Å². The minimum absolute atomic E-state index is 0.00704. The van der Waals surface area contributed by atoms with E-state index in [2.05, 4.69) is 12.2 Å². The molecule has 3 heteroatoms. The molecule has 1 fully saturated rings. The van der Waals surface area contributed by atoms with Crippen LogP contribution in [0.4, 0.5) is 0 Å². The van der Waals surface area contributed by atoms with Gasteiger partial charge in [-0.1, -0.05) is 30.4 Å². The molecule has 2 nitrogen and oxygen atoms in total. The van der Waals surface area contributed by atoms with Crippen LogP contribution in [-0.2, 0) is 9.53 Å². The second-order valence-corrected chi connectivity index (χ2v) is 4.40. The fourth-order valence-electron chi connectivity index (χ4n) is 1.74. The molecular formula is C11H12O2S. The third-order valence-corrected chi connectivity index (χ3v) is 3.76. The summed E-state index contributed by atoms with van der Waals surface area (Å²) in [5.74, 6) is 0.953. The average molecular weight is 208 g/mol. The predicted octanol–water partition coefficient (Wildman–Crippen LogP) is 2.15. The van der Waals surface area contributed by atoms with Crippen molar-refractivity contribution in [3.63, 3.8) is 0 Å². The molecule has 1 heterocycles. The molecule has 74 valence electrons. The zero-order valence-electron chi connectivity index (χ0n) is 7.97. The Labute approximate surface area is 87.7 Å². The number of rotatable bonds is 1. The van der Waals surface area contributed by atoms with Gasteiger partial charge in [0.05, 0.1) is 13.0 Å². The number of hydrogen-bond acceptors (Lipinski definition) is 3. The van der Waals surface area contributed by atoms with Gasteiger partial charge in [0.15, 0.2) is 0 Å². The van der Waals surface area contributed by atoms with Gasteiger partial charge >= 0.3 is 5.97 Å². The van der Waals surface area contributed by atoms with E-state index in [9.17, 15) is 4.79 Å². The van der Waals surface area contributed by atoms with Crippen molar-refractivity contribution in [3.8, 4) is 0 Å². The second-order valence-electron chi connectivity index (χ2n) is 3.31. The van der Waals surface area contributed by atoms with Crippen molar-refractivity contribution in [1.29, 1.82) is 0 Å². The van der Waals surface area contributed by atoms with Gasteiger partial charge in [0.25, 0.3) is 0 Å². The van der Waals surface area contributed by atoms with E-state index in [0.717, 1.165) is 5.75 Å². The lowest BCUT2D eigenvalue weighted by Crippen LogP contribution is -2.21. The van der Waals surface area contributed by atoms with Crippen LogP contribution in [0.1, 0.15) is 0 Å². The highest BCUT2D eigenvalue weighted by Crippen LogP contribution is 2.42. The molecule has 0 bridgehead atoms. The standard InChI is InChI=1S/C11H12O2S/c1-13-11(12)9-7-14-10-6-4-2-3-5-8(9)10/h2-6,8-9H,7H2,1H3/t8-,9-/m1/s1. The summed E-state index contributed by atoms with van der Waals surface area (Å²) in [7, 11) is 1.45. The van der Waals surface area contributed by atoms with Crippen molar-refractivity contribution in [3.05, 3.63) is 35.3 Å². The summed E-state index contributed by atoms with van der Waals surface area (Å²) in [5.41, 5.74) is 0. The molecule has 2 atom stereocenters. The molecule has 14 heavy (non-hydrogen) atoms. The molecule has 2 rings (SSSR count). The highest BCUT2D eigenvalue weighted by atomic mass is 32.2. The first kappa shape index (κ1) is 9.59. The minimum Gasteiger partial charge on any atom is -0.469 e. The fraction of sp³-hybridized carbons (Fsp3) is 0.364. The van der Waals surface area contributed by atoms with E-state index >= 15 is 0 Å². The Morgan fingerprint density at radius 1 is 1.50 bits per heavy atom. The van der Waals surface area contributed by atoms with Gasteiger partial charge in [-0.05, 0) is 4.91 Å². The molecule has 1 saturated heterocycles. The molecular weight excluding hydrogens is 196 g/mol. The Morgan fingerprint density at radius 2 is 2.36 bits per heavy atom. The van der Waals surface area contributed by atoms with Gasteiger partial charge in [-0.3, -0.25) is 4.79 Å². The number of esters is 1. The second kappa shape index (κ2) is 4.05. The van der Waals surface area contributed by atoms with E-state index in [1.165, 1.54) is 12.0 Å². The normalized spacial score (nSPS) is 29.4. The molecule has 0 aromatic rings. The summed E-state index contributed by atoms with van der Waals surface area (Å²) in [6.07, 6.45) is 10.2. The van der Waals surface area contributed by atoms with Crippen molar-refractivity contribution in [2.24, 2.45) is 11.8 Å². The maximum absolute atomic E-state index is 11.5. The van der Waals surface area contributed by atoms with Gasteiger partial charge in [0.2, 0.25) is 0 Å². The van der Waals surface area contributed by atoms with E-state index in [0.29, 0.717) is 0 Å². The van der Waals surface area contributed by atoms with Crippen LogP contribution in [0.2, 0.25) is 0 Å². The Balaban J connectivity index is 2.22. The molecule has 2 aliphatic rings. The van der Waals surface area contributed by atoms with Crippen LogP contribution < -0.4 is 0 Å². The number of carbonyl (C=O) groups is 1. The molecule has 0 spiro atoms. The third-order valence-electron chi connectivity index (χ3n) is 2.50. The highest BCUT2D eigenvalue weighted by molar-refractivity contribution is 8.03. The summed E-state index contributed by atoms with van der Waals surface area (Å²) in [6, 6.07) is 0. The molecule has 0 radical (unpaired) electrons. The first-order chi connectivity index (χ1) is 6.83. The Hall–Kier alpha value is -0.960. The number of allylic oxidation sites excluding steroid dienone is 6. The molecule has 0 N–H and O–H groups in total. The number of methoxy groups -OCH3 is 1. The van der Waals surface area contributed by atoms with Gasteiger partial charge in [0, 0.05) is 11.7 Å². The van der Waals surface area contributed by atoms with Crippen molar-refractivity contribution < 1.29 is 9.53 Å². The van der Waals surface area contributed by atoms with Crippen LogP contribution in [-0.4, -0.2) is 18.8 Å². The van der Waals surface area contributed by atoms with Crippen molar-refractivity contribution >= 4 is 17.7 Å². The van der Waals surface area contributed by atoms with Gasteiger partial charge in [-0.15, -0.1) is 11.8 Å². The minimum atomic E-state index is -0.0996. The van der Waals surface area contributed by atoms with Crippen molar-refractivity contribution in [2.45, 2.75) is 0 Å². The summed E-state index contributed by atoms with van der Waals surface area (Å²) in [6.45, 7) is 0. The lowest BCUT2D eigenvalue weighted by molar-refractivity contribution is -0.145. The predicted molar refractivity (Wildman–Crippen MR) is 57.8 cm³/mol. The number of fused-ring (bicyclic) bond motifs is 1. The topological polar surface area (TPSA) is 26.3 Å². The van der Waals surface area contributed by atoms with Crippen molar-refractivity contribution in [1.82, 2.24) is 0 Å². The zero-order valence-corrected chi connectivity index (χ0v) is 8.79. The molecule has 0 aromatic carbocycles. The monoisotopic (exact) mass is 208 g/mol. The van der Waals surface area contributed by atoms with Gasteiger partial charge in [-0.25, -0.2) is 0 Å². The maximum Gasteiger partial charge on any atom is 0.310 e. The van der Waals surface area contributed by atoms with Crippen LogP contribution in [0, 0.1) is 11.8 Å². The lowest BCUT2D eigenvalue weighted by Gasteiger charge is -2.12. The summed E-state index contributed by atoms with van der Waals surface area (Å²) >= 11 is 1.75. The number of thioether (sulfide) groups is 1. The highest BCUT2D eigenvalue weighted by Gasteiger charge is 2.36. The van der Waals surface area contributed by atoms with Crippen LogP contribution in [0.15, 0.2) is 35.3 Å². The molecule has 1 aliphatic carbocycles. The molecule has 1 aliphatic heterocycles. The fourth-order valence-corrected chi connectivity index (χ4v) is 3.06. The molecule has 0 aromatic heterocycles. The maximum atomic E-state index is 11.5. The first-order valence-corrected chi connectivity index (χ1v) is 5.57. The Morgan fingerprint density at radius 3 is 3.14 bits per heavy atom. The Bertz CT molecular complexity index is 328. The smallest absolute Gasteiger partial charge is 0.310 e. The zero-order chi connectivity index (χ0) is 9.97. The SMILES string of the molecule is COC(=O)[C@@H]1CSC2=CC=CC=C[C@@H]21. The number of hydrogen-bond donors (Lipinski definition) is 0. The van der Waals surface area contributed by atoms with E-state index in [4.69, 9.17) is 4.74 Å². The number of carbonyl (C=O) groups excluding carboxylic acids is 1. The average Bonchev–Trinajstić information content (AvgIpc) is 2.46. The summed E-state index contributed by atoms with van der Waals surface area (Å²) in [4.78, 5) is 12.7. The molecule has 0 unspecified atom stereocenters. The van der Waals surface area contributed by atoms with Gasteiger partial charge < -0.3 is 4.74 Å². The van der Waals surface area contributed by atoms with Gasteiger partial charge in [-0.2, -0.15) is 0 Å². The largest absolute Gasteiger partial charge is 0.469 e. The third kappa shape index (κ3) is 1.64. The van der Waals surface area contributed by atoms with E-state index < -0.39 is 0 Å². The summed E-state index contributed by atoms with van der Waals surface area (Å²) in [5, 5.41) is 0. The Kier molecular flexibility index (Phi) is 2.77. The van der Waals surface area contributed by atoms with Gasteiger partial charge in [0.1, 0.15) is 0 Å². The first-order valence-electron chi connectivity index (χ1n) is 4.58. The molecule has 0 saturated carbocycles. The van der Waals surface area contributed by atoms with Crippen molar-refractivity contribution in [2.75, 3.05) is 12.9 Å². The van der Waals surface area contributed by atoms with E-state index in [-0.39, 0.29) is 17.8 Å². The lowest BCUT2D eigenvalue weighted by atomic mass is 9.93. The van der Waals surface area contributed by atoms with E-state index in [1.54, 1.807) is 11.8 Å². The quantitative estimate of drug-likeness (QED) is 0.618.